The van der Waals surface area contributed by atoms with Gasteiger partial charge in [0.2, 0.25) is 17.6 Å². The Morgan fingerprint density at radius 2 is 1.90 bits per heavy atom. The van der Waals surface area contributed by atoms with E-state index in [1.54, 1.807) is 11.3 Å². The number of rotatable bonds is 8. The third-order valence-electron chi connectivity index (χ3n) is 4.65. The number of hydrogen-bond donors (Lipinski definition) is 1. The molecule has 0 saturated carbocycles. The zero-order valence-corrected chi connectivity index (χ0v) is 17.0. The summed E-state index contributed by atoms with van der Waals surface area (Å²) in [6.45, 7) is 2.68. The first-order chi connectivity index (χ1) is 14.2. The quantitative estimate of drug-likeness (QED) is 0.474. The molecule has 0 radical (unpaired) electrons. The lowest BCUT2D eigenvalue weighted by molar-refractivity contribution is -0.121. The highest BCUT2D eigenvalue weighted by Gasteiger charge is 2.11. The maximum absolute atomic E-state index is 12.1. The Kier molecular flexibility index (Phi) is 5.95. The maximum atomic E-state index is 12.1. The molecule has 29 heavy (non-hydrogen) atoms. The standard InChI is InChI=1S/C22H22N4O2S/c1-2-15-7-9-16(10-8-15)22-25-20(28-26-22)12-11-19(27)23-14-13-21-24-17-5-3-4-6-18(17)29-21/h3-10H,2,11-14H2,1H3,(H,23,27). The lowest BCUT2D eigenvalue weighted by Crippen LogP contribution is -2.25. The van der Waals surface area contributed by atoms with Crippen LogP contribution in [0, 0.1) is 0 Å². The lowest BCUT2D eigenvalue weighted by atomic mass is 10.1. The van der Waals surface area contributed by atoms with Gasteiger partial charge in [-0.25, -0.2) is 4.98 Å². The van der Waals surface area contributed by atoms with Gasteiger partial charge in [0, 0.05) is 31.4 Å². The van der Waals surface area contributed by atoms with E-state index in [0.29, 0.717) is 31.1 Å². The van der Waals surface area contributed by atoms with Crippen molar-refractivity contribution in [2.75, 3.05) is 6.54 Å². The van der Waals surface area contributed by atoms with Crippen LogP contribution >= 0.6 is 11.3 Å². The second kappa shape index (κ2) is 8.96. The van der Waals surface area contributed by atoms with Crippen LogP contribution in [0.15, 0.2) is 53.1 Å². The van der Waals surface area contributed by atoms with Crippen LogP contribution < -0.4 is 5.32 Å². The Morgan fingerprint density at radius 3 is 2.69 bits per heavy atom. The highest BCUT2D eigenvalue weighted by atomic mass is 32.1. The summed E-state index contributed by atoms with van der Waals surface area (Å²) >= 11 is 1.67. The van der Waals surface area contributed by atoms with Crippen molar-refractivity contribution >= 4 is 27.5 Å². The third kappa shape index (κ3) is 4.86. The molecule has 0 bridgehead atoms. The monoisotopic (exact) mass is 406 g/mol. The largest absolute Gasteiger partial charge is 0.356 e. The number of nitrogens with zero attached hydrogens (tertiary/aromatic N) is 3. The Labute approximate surface area is 173 Å². The molecule has 0 aliphatic heterocycles. The van der Waals surface area contributed by atoms with E-state index in [0.717, 1.165) is 28.9 Å². The van der Waals surface area contributed by atoms with Crippen LogP contribution in [0.1, 0.15) is 29.8 Å². The zero-order chi connectivity index (χ0) is 20.1. The molecule has 1 amide bonds. The number of aromatic nitrogens is 3. The number of nitrogens with one attached hydrogen (secondary N) is 1. The summed E-state index contributed by atoms with van der Waals surface area (Å²) in [5.41, 5.74) is 3.19. The number of aryl methyl sites for hydroxylation is 2. The summed E-state index contributed by atoms with van der Waals surface area (Å²) in [7, 11) is 0. The molecule has 2 heterocycles. The summed E-state index contributed by atoms with van der Waals surface area (Å²) < 4.78 is 6.46. The van der Waals surface area contributed by atoms with E-state index < -0.39 is 0 Å². The molecular formula is C22H22N4O2S. The molecule has 0 fully saturated rings. The smallest absolute Gasteiger partial charge is 0.227 e. The minimum absolute atomic E-state index is 0.0295. The summed E-state index contributed by atoms with van der Waals surface area (Å²) in [5, 5.41) is 7.98. The van der Waals surface area contributed by atoms with Gasteiger partial charge in [0.15, 0.2) is 0 Å². The fourth-order valence-electron chi connectivity index (χ4n) is 3.01. The van der Waals surface area contributed by atoms with Crippen molar-refractivity contribution in [3.05, 3.63) is 65.0 Å². The van der Waals surface area contributed by atoms with Crippen molar-refractivity contribution in [1.29, 1.82) is 0 Å². The normalized spacial score (nSPS) is 11.1. The zero-order valence-electron chi connectivity index (χ0n) is 16.2. The number of para-hydroxylation sites is 1. The molecule has 2 aromatic heterocycles. The summed E-state index contributed by atoms with van der Waals surface area (Å²) in [6, 6.07) is 16.2. The van der Waals surface area contributed by atoms with E-state index >= 15 is 0 Å². The number of benzene rings is 2. The van der Waals surface area contributed by atoms with Gasteiger partial charge in [-0.3, -0.25) is 4.79 Å². The molecule has 4 aromatic rings. The van der Waals surface area contributed by atoms with Gasteiger partial charge in [0.25, 0.3) is 0 Å². The molecular weight excluding hydrogens is 384 g/mol. The van der Waals surface area contributed by atoms with E-state index in [9.17, 15) is 4.79 Å². The highest BCUT2D eigenvalue weighted by Crippen LogP contribution is 2.21. The van der Waals surface area contributed by atoms with Crippen molar-refractivity contribution in [3.8, 4) is 11.4 Å². The van der Waals surface area contributed by atoms with E-state index in [1.807, 2.05) is 30.3 Å². The minimum Gasteiger partial charge on any atom is -0.356 e. The van der Waals surface area contributed by atoms with Crippen molar-refractivity contribution in [3.63, 3.8) is 0 Å². The number of thiazole rings is 1. The second-order valence-corrected chi connectivity index (χ2v) is 7.85. The van der Waals surface area contributed by atoms with E-state index in [-0.39, 0.29) is 5.91 Å². The Morgan fingerprint density at radius 1 is 1.07 bits per heavy atom. The topological polar surface area (TPSA) is 80.9 Å². The first-order valence-electron chi connectivity index (χ1n) is 9.74. The fourth-order valence-corrected chi connectivity index (χ4v) is 3.97. The molecule has 0 unspecified atom stereocenters. The van der Waals surface area contributed by atoms with Crippen molar-refractivity contribution in [2.24, 2.45) is 0 Å². The van der Waals surface area contributed by atoms with Crippen molar-refractivity contribution < 1.29 is 9.32 Å². The number of amides is 1. The number of fused-ring (bicyclic) bond motifs is 1. The molecule has 4 rings (SSSR count). The van der Waals surface area contributed by atoms with Gasteiger partial charge in [-0.2, -0.15) is 4.98 Å². The number of carbonyl (C=O) groups is 1. The number of carbonyl (C=O) groups excluding carboxylic acids is 1. The highest BCUT2D eigenvalue weighted by molar-refractivity contribution is 7.18. The molecule has 1 N–H and O–H groups in total. The predicted octanol–water partition coefficient (Wildman–Crippen LogP) is 4.20. The average Bonchev–Trinajstić information content (AvgIpc) is 3.39. The van der Waals surface area contributed by atoms with Gasteiger partial charge in [-0.05, 0) is 24.1 Å². The minimum atomic E-state index is -0.0295. The molecule has 7 heteroatoms. The summed E-state index contributed by atoms with van der Waals surface area (Å²) in [6.07, 6.45) is 2.46. The van der Waals surface area contributed by atoms with Crippen LogP contribution in [0.25, 0.3) is 21.6 Å². The van der Waals surface area contributed by atoms with Gasteiger partial charge >= 0.3 is 0 Å². The van der Waals surface area contributed by atoms with Crippen molar-refractivity contribution in [1.82, 2.24) is 20.4 Å². The van der Waals surface area contributed by atoms with Gasteiger partial charge in [0.05, 0.1) is 15.2 Å². The summed E-state index contributed by atoms with van der Waals surface area (Å²) in [4.78, 5) is 21.1. The molecule has 0 aliphatic carbocycles. The van der Waals surface area contributed by atoms with Crippen LogP contribution in [0.4, 0.5) is 0 Å². The fraction of sp³-hybridized carbons (Fsp3) is 0.273. The first-order valence-corrected chi connectivity index (χ1v) is 10.6. The predicted molar refractivity (Wildman–Crippen MR) is 114 cm³/mol. The molecule has 0 spiro atoms. The van der Waals surface area contributed by atoms with Crippen LogP contribution in [0.3, 0.4) is 0 Å². The lowest BCUT2D eigenvalue weighted by Gasteiger charge is -2.02. The molecule has 6 nitrogen and oxygen atoms in total. The Hall–Kier alpha value is -3.06. The van der Waals surface area contributed by atoms with E-state index in [4.69, 9.17) is 4.52 Å². The van der Waals surface area contributed by atoms with Gasteiger partial charge in [-0.15, -0.1) is 11.3 Å². The maximum Gasteiger partial charge on any atom is 0.227 e. The third-order valence-corrected chi connectivity index (χ3v) is 5.75. The van der Waals surface area contributed by atoms with E-state index in [1.165, 1.54) is 10.3 Å². The summed E-state index contributed by atoms with van der Waals surface area (Å²) in [5.74, 6) is 0.998. The molecule has 0 atom stereocenters. The molecule has 0 aliphatic rings. The van der Waals surface area contributed by atoms with Crippen LogP contribution in [-0.2, 0) is 24.1 Å². The van der Waals surface area contributed by atoms with Gasteiger partial charge in [0.1, 0.15) is 0 Å². The van der Waals surface area contributed by atoms with E-state index in [2.05, 4.69) is 45.6 Å². The van der Waals surface area contributed by atoms with Crippen LogP contribution in [-0.4, -0.2) is 27.6 Å². The Balaban J connectivity index is 1.23. The first kappa shape index (κ1) is 19.3. The van der Waals surface area contributed by atoms with Gasteiger partial charge in [-0.1, -0.05) is 48.5 Å². The van der Waals surface area contributed by atoms with Gasteiger partial charge < -0.3 is 9.84 Å². The van der Waals surface area contributed by atoms with Crippen LogP contribution in [0.5, 0.6) is 0 Å². The second-order valence-electron chi connectivity index (χ2n) is 6.74. The molecule has 0 saturated heterocycles. The molecule has 148 valence electrons. The Bertz CT molecular complexity index is 1070. The van der Waals surface area contributed by atoms with Crippen LogP contribution in [0.2, 0.25) is 0 Å². The van der Waals surface area contributed by atoms with Crippen molar-refractivity contribution in [2.45, 2.75) is 32.6 Å². The average molecular weight is 407 g/mol. The molecule has 2 aromatic carbocycles. The number of hydrogen-bond acceptors (Lipinski definition) is 6. The SMILES string of the molecule is CCc1ccc(-c2noc(CCC(=O)NCCc3nc4ccccc4s3)n2)cc1.